The van der Waals surface area contributed by atoms with Crippen molar-refractivity contribution < 1.29 is 23.7 Å². The van der Waals surface area contributed by atoms with Crippen LogP contribution in [0.25, 0.3) is 0 Å². The fourth-order valence-corrected chi connectivity index (χ4v) is 6.98. The van der Waals surface area contributed by atoms with Crippen molar-refractivity contribution in [1.82, 2.24) is 14.9 Å². The first-order valence-electron chi connectivity index (χ1n) is 16.7. The van der Waals surface area contributed by atoms with Crippen LogP contribution in [0, 0.1) is 0 Å². The number of fused-ring (bicyclic) bond motifs is 6. The van der Waals surface area contributed by atoms with Crippen LogP contribution in [0.5, 0.6) is 28.7 Å². The second-order valence-corrected chi connectivity index (χ2v) is 12.4. The van der Waals surface area contributed by atoms with Crippen LogP contribution in [0.15, 0.2) is 128 Å². The number of pyridine rings is 2. The monoisotopic (exact) mass is 663 g/mol. The molecule has 0 fully saturated rings. The lowest BCUT2D eigenvalue weighted by atomic mass is 9.77. The zero-order valence-electron chi connectivity index (χ0n) is 28.0. The maximum absolute atomic E-state index is 6.69. The molecule has 8 nitrogen and oxygen atoms in total. The predicted octanol–water partition coefficient (Wildman–Crippen LogP) is 8.20. The molecule has 8 heteroatoms. The second kappa shape index (κ2) is 13.7. The highest BCUT2D eigenvalue weighted by Crippen LogP contribution is 2.57. The molecular weight excluding hydrogens is 626 g/mol. The summed E-state index contributed by atoms with van der Waals surface area (Å²) in [5, 5.41) is 0. The molecular formula is C42H37N3O5. The first-order chi connectivity index (χ1) is 24.6. The lowest BCUT2D eigenvalue weighted by Gasteiger charge is -2.37. The van der Waals surface area contributed by atoms with Crippen molar-refractivity contribution in [3.8, 4) is 28.7 Å². The van der Waals surface area contributed by atoms with Crippen LogP contribution in [-0.4, -0.2) is 29.1 Å². The molecule has 0 radical (unpaired) electrons. The molecule has 0 amide bonds. The van der Waals surface area contributed by atoms with E-state index in [1.54, 1.807) is 14.2 Å². The van der Waals surface area contributed by atoms with Crippen LogP contribution >= 0.6 is 0 Å². The van der Waals surface area contributed by atoms with Gasteiger partial charge in [-0.25, -0.2) is 0 Å². The average molecular weight is 664 g/mol. The van der Waals surface area contributed by atoms with Crippen molar-refractivity contribution in [2.24, 2.45) is 0 Å². The van der Waals surface area contributed by atoms with E-state index >= 15 is 0 Å². The molecule has 4 heterocycles. The molecule has 250 valence electrons. The van der Waals surface area contributed by atoms with E-state index in [1.807, 2.05) is 85.1 Å². The van der Waals surface area contributed by atoms with E-state index in [0.717, 1.165) is 50.6 Å². The molecule has 6 aromatic rings. The summed E-state index contributed by atoms with van der Waals surface area (Å²) in [6.45, 7) is 2.79. The molecule has 2 aromatic heterocycles. The molecule has 2 aliphatic heterocycles. The highest BCUT2D eigenvalue weighted by Gasteiger charge is 2.49. The fraction of sp³-hybridized carbons (Fsp3) is 0.190. The Morgan fingerprint density at radius 3 is 2.20 bits per heavy atom. The number of methoxy groups -OCH3 is 2. The SMILES string of the molecule is COc1ccc2c(c1)Oc1cc(OCc3cccc(CN(Cc4ccccn4)Cc4ccccc4OC)n3)ccc1C21OCc2ccccc21. The van der Waals surface area contributed by atoms with Crippen molar-refractivity contribution in [1.29, 1.82) is 0 Å². The second-order valence-electron chi connectivity index (χ2n) is 12.4. The van der Waals surface area contributed by atoms with Gasteiger partial charge in [-0.05, 0) is 65.7 Å². The quantitative estimate of drug-likeness (QED) is 0.137. The van der Waals surface area contributed by atoms with Crippen LogP contribution in [0.3, 0.4) is 0 Å². The number of nitrogens with zero attached hydrogens (tertiary/aromatic N) is 3. The minimum absolute atomic E-state index is 0.300. The average Bonchev–Trinajstić information content (AvgIpc) is 3.54. The smallest absolute Gasteiger partial charge is 0.151 e. The summed E-state index contributed by atoms with van der Waals surface area (Å²) >= 11 is 0. The molecule has 0 aliphatic carbocycles. The highest BCUT2D eigenvalue weighted by atomic mass is 16.5. The van der Waals surface area contributed by atoms with E-state index in [1.165, 1.54) is 0 Å². The van der Waals surface area contributed by atoms with Gasteiger partial charge in [0.2, 0.25) is 0 Å². The number of aromatic nitrogens is 2. The molecule has 8 rings (SSSR count). The minimum atomic E-state index is -0.787. The van der Waals surface area contributed by atoms with E-state index in [0.29, 0.717) is 55.8 Å². The summed E-state index contributed by atoms with van der Waals surface area (Å²) in [4.78, 5) is 11.9. The standard InChI is InChI=1S/C42H37N3O5/c1-46-34-17-19-37-40(22-34)50-41-23-35(18-20-38(41)42(37)36-15-5-3-11-30(36)27-49-42)48-28-33-14-9-13-32(44-33)26-45(25-31-12-7-8-21-43-31)24-29-10-4-6-16-39(29)47-2/h3-23H,24-28H2,1-2H3. The van der Waals surface area contributed by atoms with E-state index in [9.17, 15) is 0 Å². The molecule has 1 spiro atoms. The Kier molecular flexibility index (Phi) is 8.62. The molecule has 4 aromatic carbocycles. The number of hydrogen-bond donors (Lipinski definition) is 0. The van der Waals surface area contributed by atoms with Gasteiger partial charge in [-0.3, -0.25) is 14.9 Å². The number of rotatable bonds is 11. The normalized spacial score (nSPS) is 15.6. The lowest BCUT2D eigenvalue weighted by Crippen LogP contribution is -2.32. The summed E-state index contributed by atoms with van der Waals surface area (Å²) in [5.74, 6) is 3.64. The van der Waals surface area contributed by atoms with Crippen molar-refractivity contribution in [2.75, 3.05) is 14.2 Å². The first kappa shape index (κ1) is 31.6. The molecule has 0 bridgehead atoms. The zero-order chi connectivity index (χ0) is 33.9. The number of ether oxygens (including phenoxy) is 5. The Hall–Kier alpha value is -5.70. The molecule has 50 heavy (non-hydrogen) atoms. The molecule has 2 aliphatic rings. The van der Waals surface area contributed by atoms with Gasteiger partial charge in [0.15, 0.2) is 5.60 Å². The maximum Gasteiger partial charge on any atom is 0.151 e. The minimum Gasteiger partial charge on any atom is -0.497 e. The van der Waals surface area contributed by atoms with Crippen LogP contribution in [0.1, 0.15) is 44.9 Å². The molecule has 1 atom stereocenters. The summed E-state index contributed by atoms with van der Waals surface area (Å²) in [6, 6.07) is 40.4. The summed E-state index contributed by atoms with van der Waals surface area (Å²) in [7, 11) is 3.36. The summed E-state index contributed by atoms with van der Waals surface area (Å²) in [5.41, 5.74) is 7.25. The van der Waals surface area contributed by atoms with Crippen LogP contribution < -0.4 is 18.9 Å². The third-order valence-corrected chi connectivity index (χ3v) is 9.30. The zero-order valence-corrected chi connectivity index (χ0v) is 28.0. The van der Waals surface area contributed by atoms with Crippen molar-refractivity contribution in [3.05, 3.63) is 172 Å². The van der Waals surface area contributed by atoms with Gasteiger partial charge >= 0.3 is 0 Å². The Morgan fingerprint density at radius 1 is 0.660 bits per heavy atom. The fourth-order valence-electron chi connectivity index (χ4n) is 6.98. The first-order valence-corrected chi connectivity index (χ1v) is 16.7. The largest absolute Gasteiger partial charge is 0.497 e. The van der Waals surface area contributed by atoms with Gasteiger partial charge in [0.05, 0.1) is 37.9 Å². The van der Waals surface area contributed by atoms with Gasteiger partial charge < -0.3 is 23.7 Å². The Labute approximate surface area is 291 Å². The number of hydrogen-bond acceptors (Lipinski definition) is 8. The number of benzene rings is 4. The van der Waals surface area contributed by atoms with Crippen molar-refractivity contribution in [3.63, 3.8) is 0 Å². The van der Waals surface area contributed by atoms with Gasteiger partial charge in [-0.2, -0.15) is 0 Å². The summed E-state index contributed by atoms with van der Waals surface area (Å²) in [6.07, 6.45) is 1.83. The van der Waals surface area contributed by atoms with Crippen LogP contribution in [-0.2, 0) is 43.2 Å². The van der Waals surface area contributed by atoms with Crippen molar-refractivity contribution >= 4 is 0 Å². The Morgan fingerprint density at radius 2 is 1.38 bits per heavy atom. The van der Waals surface area contributed by atoms with Gasteiger partial charge in [-0.15, -0.1) is 0 Å². The van der Waals surface area contributed by atoms with Gasteiger partial charge in [0.1, 0.15) is 35.4 Å². The predicted molar refractivity (Wildman–Crippen MR) is 189 cm³/mol. The van der Waals surface area contributed by atoms with E-state index in [-0.39, 0.29) is 0 Å². The van der Waals surface area contributed by atoms with Gasteiger partial charge in [0, 0.05) is 54.7 Å². The lowest BCUT2D eigenvalue weighted by molar-refractivity contribution is 0.0198. The molecule has 0 saturated carbocycles. The third-order valence-electron chi connectivity index (χ3n) is 9.30. The Balaban J connectivity index is 1.03. The third kappa shape index (κ3) is 6.04. The Bertz CT molecular complexity index is 2140. The summed E-state index contributed by atoms with van der Waals surface area (Å²) < 4.78 is 30.7. The topological polar surface area (TPSA) is 75.2 Å². The van der Waals surface area contributed by atoms with Crippen LogP contribution in [0.2, 0.25) is 0 Å². The highest BCUT2D eigenvalue weighted by molar-refractivity contribution is 5.65. The van der Waals surface area contributed by atoms with E-state index in [2.05, 4.69) is 52.3 Å². The maximum atomic E-state index is 6.69. The molecule has 1 unspecified atom stereocenters. The van der Waals surface area contributed by atoms with Gasteiger partial charge in [-0.1, -0.05) is 54.6 Å². The van der Waals surface area contributed by atoms with Crippen LogP contribution in [0.4, 0.5) is 0 Å². The molecule has 0 N–H and O–H groups in total. The van der Waals surface area contributed by atoms with E-state index in [4.69, 9.17) is 28.7 Å². The van der Waals surface area contributed by atoms with E-state index < -0.39 is 5.60 Å². The molecule has 0 saturated heterocycles. The van der Waals surface area contributed by atoms with Gasteiger partial charge in [0.25, 0.3) is 0 Å². The number of para-hydroxylation sites is 1. The van der Waals surface area contributed by atoms with Crippen molar-refractivity contribution in [2.45, 2.75) is 38.4 Å².